The van der Waals surface area contributed by atoms with Crippen LogP contribution in [0.15, 0.2) is 70.0 Å². The Hall–Kier alpha value is -4.42. The number of imidazole rings is 1. The molecular formula is C26H22F2N4O5S. The lowest BCUT2D eigenvalue weighted by atomic mass is 9.98. The number of H-pyrrole nitrogens is 1. The first kappa shape index (κ1) is 26.6. The number of nitrogens with two attached hydrogens (primary N) is 1. The first-order valence-electron chi connectivity index (χ1n) is 11.2. The summed E-state index contributed by atoms with van der Waals surface area (Å²) in [4.78, 5) is 20.0. The van der Waals surface area contributed by atoms with Gasteiger partial charge in [0.05, 0.1) is 11.0 Å². The van der Waals surface area contributed by atoms with E-state index in [1.54, 1.807) is 24.3 Å². The van der Waals surface area contributed by atoms with Crippen LogP contribution in [0.25, 0.3) is 22.4 Å². The maximum absolute atomic E-state index is 14.6. The second-order valence-corrected chi connectivity index (χ2v) is 10.0. The molecule has 0 amide bonds. The van der Waals surface area contributed by atoms with Gasteiger partial charge < -0.3 is 20.9 Å². The molecule has 3 aromatic carbocycles. The molecule has 0 fully saturated rings. The Labute approximate surface area is 216 Å². The number of hydrogen-bond acceptors (Lipinski definition) is 6. The minimum absolute atomic E-state index is 0.0406. The molecule has 1 atom stereocenters. The third-order valence-electron chi connectivity index (χ3n) is 5.66. The number of aryl methyl sites for hydroxylation is 1. The normalized spacial score (nSPS) is 13.9. The molecule has 4 aromatic rings. The fourth-order valence-electron chi connectivity index (χ4n) is 3.53. The third-order valence-corrected chi connectivity index (χ3v) is 6.98. The number of sulfonamides is 1. The van der Waals surface area contributed by atoms with Gasteiger partial charge in [-0.3, -0.25) is 4.79 Å². The summed E-state index contributed by atoms with van der Waals surface area (Å²) in [5.41, 5.74) is 5.93. The molecule has 4 rings (SSSR count). The van der Waals surface area contributed by atoms with Crippen molar-refractivity contribution in [1.82, 2.24) is 9.97 Å². The maximum Gasteiger partial charge on any atom is 0.286 e. The molecule has 0 aliphatic carbocycles. The number of aromatic nitrogens is 2. The molecule has 0 unspecified atom stereocenters. The van der Waals surface area contributed by atoms with Crippen LogP contribution in [0.5, 0.6) is 0 Å². The average molecular weight is 541 g/mol. The van der Waals surface area contributed by atoms with Crippen molar-refractivity contribution in [1.29, 1.82) is 0 Å². The zero-order valence-corrected chi connectivity index (χ0v) is 20.9. The molecule has 5 N–H and O–H groups in total. The third kappa shape index (κ3) is 5.17. The van der Waals surface area contributed by atoms with Gasteiger partial charge in [-0.25, -0.2) is 13.8 Å². The number of fused-ring (bicyclic) bond motifs is 1. The van der Waals surface area contributed by atoms with E-state index in [2.05, 4.69) is 14.4 Å². The van der Waals surface area contributed by atoms with Crippen LogP contribution in [0, 0.1) is 18.6 Å². The number of nitrogens with zero attached hydrogens (tertiary/aromatic N) is 2. The molecule has 0 saturated heterocycles. The predicted octanol–water partition coefficient (Wildman–Crippen LogP) is 3.89. The Balaban J connectivity index is 1.92. The standard InChI is InChI=1S/C26H22F2N4O5S/c1-13-7-8-15(11-18(13)28)23(34)22(26-30-19-5-3-4-6-20(19)31-26)24(35)16-9-10-17(27)21(12-16)38(36,37)32-25(29)14(2)33/h3-12,14,33-34H,1-2H3,(H2,29,32)(H,30,31)/t14-/m1/s1. The molecule has 9 nitrogen and oxygen atoms in total. The summed E-state index contributed by atoms with van der Waals surface area (Å²) in [5.74, 6) is -4.19. The molecule has 12 heteroatoms. The van der Waals surface area contributed by atoms with Crippen LogP contribution in [0.4, 0.5) is 8.78 Å². The fourth-order valence-corrected chi connectivity index (χ4v) is 4.65. The Bertz CT molecular complexity index is 1710. The fraction of sp³-hybridized carbons (Fsp3) is 0.115. The van der Waals surface area contributed by atoms with Crippen LogP contribution in [0.2, 0.25) is 0 Å². The van der Waals surface area contributed by atoms with E-state index < -0.39 is 55.6 Å². The van der Waals surface area contributed by atoms with Crippen LogP contribution in [-0.4, -0.2) is 46.3 Å². The molecule has 0 aliphatic heterocycles. The van der Waals surface area contributed by atoms with Gasteiger partial charge in [-0.05, 0) is 55.8 Å². The number of ketones is 1. The van der Waals surface area contributed by atoms with E-state index in [4.69, 9.17) is 5.73 Å². The van der Waals surface area contributed by atoms with Crippen LogP contribution in [0.1, 0.15) is 34.2 Å². The number of nitrogens with one attached hydrogen (secondary N) is 1. The minimum Gasteiger partial charge on any atom is -0.506 e. The number of aromatic amines is 1. The highest BCUT2D eigenvalue weighted by Gasteiger charge is 2.27. The largest absolute Gasteiger partial charge is 0.506 e. The average Bonchev–Trinajstić information content (AvgIpc) is 3.29. The highest BCUT2D eigenvalue weighted by atomic mass is 32.2. The van der Waals surface area contributed by atoms with Crippen LogP contribution in [-0.2, 0) is 10.0 Å². The minimum atomic E-state index is -4.76. The SMILES string of the molecule is Cc1ccc(C(O)=C(C(=O)c2ccc(F)c(S(=O)(=O)N=C(N)[C@@H](C)O)c2)c2nc3ccccc3[nH]2)cc1F. The van der Waals surface area contributed by atoms with E-state index >= 15 is 0 Å². The summed E-state index contributed by atoms with van der Waals surface area (Å²) in [5, 5.41) is 20.6. The lowest BCUT2D eigenvalue weighted by Gasteiger charge is -2.11. The first-order chi connectivity index (χ1) is 17.9. The number of aliphatic hydroxyl groups is 2. The molecule has 1 aromatic heterocycles. The summed E-state index contributed by atoms with van der Waals surface area (Å²) >= 11 is 0. The van der Waals surface area contributed by atoms with Gasteiger partial charge in [0.25, 0.3) is 10.0 Å². The van der Waals surface area contributed by atoms with Gasteiger partial charge in [0.1, 0.15) is 45.6 Å². The number of benzene rings is 3. The van der Waals surface area contributed by atoms with Crippen LogP contribution < -0.4 is 5.73 Å². The number of hydrogen-bond donors (Lipinski definition) is 4. The molecule has 38 heavy (non-hydrogen) atoms. The van der Waals surface area contributed by atoms with Crippen LogP contribution >= 0.6 is 0 Å². The second kappa shape index (κ2) is 10.1. The van der Waals surface area contributed by atoms with Gasteiger partial charge in [-0.2, -0.15) is 8.42 Å². The number of allylic oxidation sites excluding steroid dienone is 1. The zero-order chi connectivity index (χ0) is 27.8. The van der Waals surface area contributed by atoms with Crippen molar-refractivity contribution in [2.24, 2.45) is 10.1 Å². The maximum atomic E-state index is 14.6. The molecule has 196 valence electrons. The van der Waals surface area contributed by atoms with Crippen molar-refractivity contribution in [3.63, 3.8) is 0 Å². The van der Waals surface area contributed by atoms with E-state index in [0.29, 0.717) is 16.6 Å². The van der Waals surface area contributed by atoms with E-state index in [-0.39, 0.29) is 17.0 Å². The first-order valence-corrected chi connectivity index (χ1v) is 12.6. The summed E-state index contributed by atoms with van der Waals surface area (Å²) in [7, 11) is -4.76. The number of amidine groups is 1. The molecule has 0 spiro atoms. The number of rotatable bonds is 7. The van der Waals surface area contributed by atoms with Gasteiger partial charge in [0.2, 0.25) is 5.78 Å². The van der Waals surface area contributed by atoms with E-state index in [0.717, 1.165) is 24.3 Å². The Morgan fingerprint density at radius 1 is 1.05 bits per heavy atom. The van der Waals surface area contributed by atoms with Crippen molar-refractivity contribution in [2.45, 2.75) is 24.8 Å². The number of halogens is 2. The molecule has 0 radical (unpaired) electrons. The molecule has 0 aliphatic rings. The number of Topliss-reactive ketones (excluding diaryl/α,β-unsaturated/α-hetero) is 1. The highest BCUT2D eigenvalue weighted by molar-refractivity contribution is 7.90. The molecule has 0 saturated carbocycles. The topological polar surface area (TPSA) is 159 Å². The Kier molecular flexibility index (Phi) is 7.11. The molecule has 0 bridgehead atoms. The van der Waals surface area contributed by atoms with Crippen molar-refractivity contribution >= 4 is 44.0 Å². The molecule has 1 heterocycles. The van der Waals surface area contributed by atoms with Crippen LogP contribution in [0.3, 0.4) is 0 Å². The number of carbonyl (C=O) groups is 1. The number of para-hydroxylation sites is 2. The van der Waals surface area contributed by atoms with E-state index in [1.165, 1.54) is 26.0 Å². The van der Waals surface area contributed by atoms with E-state index in [9.17, 15) is 32.2 Å². The van der Waals surface area contributed by atoms with E-state index in [1.807, 2.05) is 0 Å². The monoisotopic (exact) mass is 540 g/mol. The van der Waals surface area contributed by atoms with Crippen molar-refractivity contribution in [3.05, 3.63) is 94.8 Å². The lowest BCUT2D eigenvalue weighted by Crippen LogP contribution is -2.27. The van der Waals surface area contributed by atoms with Gasteiger partial charge in [-0.15, -0.1) is 4.40 Å². The Morgan fingerprint density at radius 3 is 2.39 bits per heavy atom. The zero-order valence-electron chi connectivity index (χ0n) is 20.1. The summed E-state index contributed by atoms with van der Waals surface area (Å²) in [6, 6.07) is 13.1. The summed E-state index contributed by atoms with van der Waals surface area (Å²) in [6.45, 7) is 2.70. The second-order valence-electron chi connectivity index (χ2n) is 8.43. The lowest BCUT2D eigenvalue weighted by molar-refractivity contribution is 0.105. The molecular weight excluding hydrogens is 518 g/mol. The number of carbonyl (C=O) groups excluding carboxylic acids is 1. The summed E-state index contributed by atoms with van der Waals surface area (Å²) in [6.07, 6.45) is -1.42. The van der Waals surface area contributed by atoms with Gasteiger partial charge in [0.15, 0.2) is 0 Å². The van der Waals surface area contributed by atoms with Crippen molar-refractivity contribution in [2.75, 3.05) is 0 Å². The van der Waals surface area contributed by atoms with Gasteiger partial charge >= 0.3 is 0 Å². The van der Waals surface area contributed by atoms with Gasteiger partial charge in [0, 0.05) is 11.1 Å². The summed E-state index contributed by atoms with van der Waals surface area (Å²) < 4.78 is 57.4. The predicted molar refractivity (Wildman–Crippen MR) is 138 cm³/mol. The van der Waals surface area contributed by atoms with Gasteiger partial charge in [-0.1, -0.05) is 24.3 Å². The Morgan fingerprint density at radius 2 is 1.74 bits per heavy atom. The van der Waals surface area contributed by atoms with Crippen molar-refractivity contribution < 1.29 is 32.2 Å². The number of aliphatic hydroxyl groups excluding tert-OH is 2. The smallest absolute Gasteiger partial charge is 0.286 e. The quantitative estimate of drug-likeness (QED) is 0.0910. The van der Waals surface area contributed by atoms with Crippen molar-refractivity contribution in [3.8, 4) is 0 Å². The highest BCUT2D eigenvalue weighted by Crippen LogP contribution is 2.30.